The number of fused-ring (bicyclic) bond motifs is 1. The molecule has 0 spiro atoms. The van der Waals surface area contributed by atoms with E-state index in [-0.39, 0.29) is 11.9 Å². The van der Waals surface area contributed by atoms with Gasteiger partial charge < -0.3 is 9.64 Å². The minimum absolute atomic E-state index is 0.114. The van der Waals surface area contributed by atoms with Crippen LogP contribution >= 0.6 is 11.3 Å². The molecule has 2 aromatic carbocycles. The molecular formula is C21H22N2O2S. The van der Waals surface area contributed by atoms with E-state index in [1.165, 1.54) is 12.0 Å². The summed E-state index contributed by atoms with van der Waals surface area (Å²) in [5, 5.41) is 0. The highest BCUT2D eigenvalue weighted by atomic mass is 32.1. The smallest absolute Gasteiger partial charge is 0.254 e. The van der Waals surface area contributed by atoms with Crippen molar-refractivity contribution in [3.8, 4) is 5.75 Å². The molecule has 0 bridgehead atoms. The predicted molar refractivity (Wildman–Crippen MR) is 105 cm³/mol. The third kappa shape index (κ3) is 3.31. The second-order valence-electron chi connectivity index (χ2n) is 6.67. The van der Waals surface area contributed by atoms with Crippen LogP contribution in [0.4, 0.5) is 0 Å². The van der Waals surface area contributed by atoms with E-state index in [1.54, 1.807) is 18.4 Å². The Morgan fingerprint density at radius 1 is 1.15 bits per heavy atom. The number of ether oxygens (including phenoxy) is 1. The van der Waals surface area contributed by atoms with Gasteiger partial charge in [-0.15, -0.1) is 11.3 Å². The molecule has 4 nitrogen and oxygen atoms in total. The monoisotopic (exact) mass is 366 g/mol. The number of nitrogens with zero attached hydrogens (tertiary/aromatic N) is 2. The summed E-state index contributed by atoms with van der Waals surface area (Å²) in [5.41, 5.74) is 4.71. The van der Waals surface area contributed by atoms with E-state index in [0.717, 1.165) is 47.3 Å². The van der Waals surface area contributed by atoms with E-state index in [9.17, 15) is 4.79 Å². The van der Waals surface area contributed by atoms with Gasteiger partial charge in [0.05, 0.1) is 28.9 Å². The van der Waals surface area contributed by atoms with E-state index in [2.05, 4.69) is 22.0 Å². The summed E-state index contributed by atoms with van der Waals surface area (Å²) in [5.74, 6) is 0.957. The van der Waals surface area contributed by atoms with Crippen LogP contribution in [0.1, 0.15) is 47.6 Å². The molecule has 2 heterocycles. The number of methoxy groups -OCH3 is 1. The molecule has 0 unspecified atom stereocenters. The Hall–Kier alpha value is -2.40. The molecule has 5 heteroatoms. The predicted octanol–water partition coefficient (Wildman–Crippen LogP) is 5.06. The van der Waals surface area contributed by atoms with Crippen LogP contribution in [-0.4, -0.2) is 29.4 Å². The van der Waals surface area contributed by atoms with Crippen molar-refractivity contribution in [3.05, 3.63) is 59.1 Å². The summed E-state index contributed by atoms with van der Waals surface area (Å²) in [6.45, 7) is 0.802. The third-order valence-electron chi connectivity index (χ3n) is 5.09. The quantitative estimate of drug-likeness (QED) is 0.650. The van der Waals surface area contributed by atoms with Crippen molar-refractivity contribution in [3.63, 3.8) is 0 Å². The number of amides is 1. The number of aromatic nitrogens is 1. The Kier molecular flexibility index (Phi) is 4.89. The molecular weight excluding hydrogens is 344 g/mol. The van der Waals surface area contributed by atoms with Crippen LogP contribution in [0, 0.1) is 0 Å². The zero-order valence-electron chi connectivity index (χ0n) is 14.9. The largest absolute Gasteiger partial charge is 0.497 e. The van der Waals surface area contributed by atoms with E-state index in [4.69, 9.17) is 4.74 Å². The Morgan fingerprint density at radius 3 is 2.81 bits per heavy atom. The summed E-state index contributed by atoms with van der Waals surface area (Å²) >= 11 is 1.58. The maximum absolute atomic E-state index is 13.3. The van der Waals surface area contributed by atoms with Crippen LogP contribution in [0.5, 0.6) is 5.75 Å². The maximum Gasteiger partial charge on any atom is 0.254 e. The van der Waals surface area contributed by atoms with Gasteiger partial charge in [-0.2, -0.15) is 0 Å². The molecule has 0 aliphatic carbocycles. The number of hydrogen-bond acceptors (Lipinski definition) is 4. The first-order valence-corrected chi connectivity index (χ1v) is 9.92. The van der Waals surface area contributed by atoms with E-state index in [0.29, 0.717) is 0 Å². The summed E-state index contributed by atoms with van der Waals surface area (Å²) < 4.78 is 6.33. The first-order valence-electron chi connectivity index (χ1n) is 9.04. The summed E-state index contributed by atoms with van der Waals surface area (Å²) in [7, 11) is 1.67. The topological polar surface area (TPSA) is 42.4 Å². The van der Waals surface area contributed by atoms with Gasteiger partial charge in [0.15, 0.2) is 0 Å². The van der Waals surface area contributed by atoms with E-state index >= 15 is 0 Å². The normalized spacial score (nSPS) is 17.9. The second-order valence-corrected chi connectivity index (χ2v) is 7.56. The lowest BCUT2D eigenvalue weighted by atomic mass is 10.00. The Balaban J connectivity index is 1.66. The van der Waals surface area contributed by atoms with Gasteiger partial charge in [-0.3, -0.25) is 4.79 Å². The molecule has 1 aliphatic heterocycles. The summed E-state index contributed by atoms with van der Waals surface area (Å²) in [6, 6.07) is 14.1. The minimum atomic E-state index is 0.114. The van der Waals surface area contributed by atoms with Crippen molar-refractivity contribution in [2.75, 3.05) is 13.7 Å². The fraction of sp³-hybridized carbons (Fsp3) is 0.333. The molecule has 1 aliphatic rings. The van der Waals surface area contributed by atoms with E-state index < -0.39 is 0 Å². The van der Waals surface area contributed by atoms with Crippen molar-refractivity contribution < 1.29 is 9.53 Å². The molecule has 1 aromatic heterocycles. The van der Waals surface area contributed by atoms with Gasteiger partial charge in [0.1, 0.15) is 5.75 Å². The van der Waals surface area contributed by atoms with Crippen LogP contribution in [0.25, 0.3) is 10.2 Å². The molecule has 1 saturated heterocycles. The lowest BCUT2D eigenvalue weighted by Crippen LogP contribution is -2.34. The molecule has 1 atom stereocenters. The van der Waals surface area contributed by atoms with Gasteiger partial charge >= 0.3 is 0 Å². The van der Waals surface area contributed by atoms with Gasteiger partial charge in [-0.1, -0.05) is 25.0 Å². The third-order valence-corrected chi connectivity index (χ3v) is 5.88. The molecule has 134 valence electrons. The molecule has 0 saturated carbocycles. The highest BCUT2D eigenvalue weighted by Crippen LogP contribution is 2.33. The zero-order valence-corrected chi connectivity index (χ0v) is 15.7. The van der Waals surface area contributed by atoms with Crippen LogP contribution in [0.3, 0.4) is 0 Å². The van der Waals surface area contributed by atoms with Gasteiger partial charge in [-0.05, 0) is 48.7 Å². The lowest BCUT2D eigenvalue weighted by molar-refractivity contribution is 0.0681. The number of carbonyl (C=O) groups excluding carboxylic acids is 1. The molecule has 26 heavy (non-hydrogen) atoms. The summed E-state index contributed by atoms with van der Waals surface area (Å²) in [4.78, 5) is 19.7. The van der Waals surface area contributed by atoms with E-state index in [1.807, 2.05) is 35.8 Å². The summed E-state index contributed by atoms with van der Waals surface area (Å²) in [6.07, 6.45) is 4.38. The fourth-order valence-electron chi connectivity index (χ4n) is 3.68. The Labute approximate surface area is 157 Å². The van der Waals surface area contributed by atoms with Gasteiger partial charge in [0.25, 0.3) is 5.91 Å². The molecule has 0 N–H and O–H groups in total. The molecule has 0 radical (unpaired) electrons. The van der Waals surface area contributed by atoms with Gasteiger partial charge in [0.2, 0.25) is 0 Å². The number of hydrogen-bond donors (Lipinski definition) is 0. The van der Waals surface area contributed by atoms with Gasteiger partial charge in [0, 0.05) is 12.1 Å². The van der Waals surface area contributed by atoms with Crippen molar-refractivity contribution in [1.29, 1.82) is 0 Å². The molecule has 1 fully saturated rings. The first kappa shape index (κ1) is 17.0. The van der Waals surface area contributed by atoms with Crippen molar-refractivity contribution in [2.24, 2.45) is 0 Å². The highest BCUT2D eigenvalue weighted by molar-refractivity contribution is 7.16. The van der Waals surface area contributed by atoms with Crippen LogP contribution < -0.4 is 4.74 Å². The molecule has 4 rings (SSSR count). The number of benzene rings is 2. The SMILES string of the molecule is COc1ccc([C@H]2CCCCCN2C(=O)c2ccc3ncsc3c2)cc1. The maximum atomic E-state index is 13.3. The Bertz CT molecular complexity index is 904. The minimum Gasteiger partial charge on any atom is -0.497 e. The standard InChI is InChI=1S/C21H22N2O2S/c1-25-17-9-6-15(7-10-17)19-5-3-2-4-12-23(19)21(24)16-8-11-18-20(13-16)26-14-22-18/h6-11,13-14,19H,2-5,12H2,1H3/t19-/m1/s1. The van der Waals surface area contributed by atoms with Crippen LogP contribution in [0.2, 0.25) is 0 Å². The molecule has 1 amide bonds. The lowest BCUT2D eigenvalue weighted by Gasteiger charge is -2.30. The highest BCUT2D eigenvalue weighted by Gasteiger charge is 2.27. The number of likely N-dealkylation sites (tertiary alicyclic amines) is 1. The van der Waals surface area contributed by atoms with Crippen molar-refractivity contribution in [2.45, 2.75) is 31.7 Å². The molecule has 3 aromatic rings. The van der Waals surface area contributed by atoms with Crippen molar-refractivity contribution >= 4 is 27.5 Å². The Morgan fingerprint density at radius 2 is 2.00 bits per heavy atom. The second kappa shape index (κ2) is 7.46. The van der Waals surface area contributed by atoms with Crippen LogP contribution in [0.15, 0.2) is 48.0 Å². The first-order chi connectivity index (χ1) is 12.8. The van der Waals surface area contributed by atoms with Crippen LogP contribution in [-0.2, 0) is 0 Å². The number of carbonyl (C=O) groups is 1. The van der Waals surface area contributed by atoms with Crippen molar-refractivity contribution in [1.82, 2.24) is 9.88 Å². The zero-order chi connectivity index (χ0) is 17.9. The number of rotatable bonds is 3. The average Bonchev–Trinajstić information content (AvgIpc) is 3.02. The van der Waals surface area contributed by atoms with Gasteiger partial charge in [-0.25, -0.2) is 4.98 Å². The fourth-order valence-corrected chi connectivity index (χ4v) is 4.39. The average molecular weight is 366 g/mol. The number of thiazole rings is 1.